The van der Waals surface area contributed by atoms with Crippen LogP contribution in [0.15, 0.2) is 5.16 Å². The Labute approximate surface area is 124 Å². The molecule has 0 aliphatic rings. The molecule has 1 aromatic heterocycles. The van der Waals surface area contributed by atoms with Crippen LogP contribution in [0.25, 0.3) is 0 Å². The number of aromatic nitrogens is 3. The van der Waals surface area contributed by atoms with Gasteiger partial charge in [-0.3, -0.25) is 4.79 Å². The van der Waals surface area contributed by atoms with Crippen molar-refractivity contribution in [3.8, 4) is 0 Å². The number of hydrogen-bond acceptors (Lipinski definition) is 6. The number of esters is 1. The summed E-state index contributed by atoms with van der Waals surface area (Å²) in [5.41, 5.74) is 0. The number of carbonyl (C=O) groups is 1. The summed E-state index contributed by atoms with van der Waals surface area (Å²) < 4.78 is 12.2. The summed E-state index contributed by atoms with van der Waals surface area (Å²) in [6, 6.07) is 0. The van der Waals surface area contributed by atoms with Crippen LogP contribution in [0.2, 0.25) is 0 Å². The van der Waals surface area contributed by atoms with Crippen LogP contribution >= 0.6 is 11.8 Å². The Hall–Kier alpha value is -1.08. The highest BCUT2D eigenvalue weighted by atomic mass is 32.2. The van der Waals surface area contributed by atoms with E-state index in [1.54, 1.807) is 7.11 Å². The largest absolute Gasteiger partial charge is 0.462 e. The molecule has 1 heterocycles. The van der Waals surface area contributed by atoms with Gasteiger partial charge in [-0.05, 0) is 20.3 Å². The van der Waals surface area contributed by atoms with Crippen molar-refractivity contribution in [3.63, 3.8) is 0 Å². The quantitative estimate of drug-likeness (QED) is 0.513. The molecule has 0 atom stereocenters. The van der Waals surface area contributed by atoms with E-state index < -0.39 is 0 Å². The van der Waals surface area contributed by atoms with Crippen molar-refractivity contribution in [2.24, 2.45) is 0 Å². The first kappa shape index (κ1) is 17.0. The Kier molecular flexibility index (Phi) is 7.61. The van der Waals surface area contributed by atoms with Crippen LogP contribution < -0.4 is 0 Å². The molecule has 0 unspecified atom stereocenters. The van der Waals surface area contributed by atoms with Crippen molar-refractivity contribution in [3.05, 3.63) is 5.82 Å². The molecule has 0 aliphatic heterocycles. The first-order valence-electron chi connectivity index (χ1n) is 6.81. The van der Waals surface area contributed by atoms with Crippen molar-refractivity contribution >= 4 is 17.7 Å². The predicted molar refractivity (Wildman–Crippen MR) is 77.8 cm³/mol. The second kappa shape index (κ2) is 8.97. The van der Waals surface area contributed by atoms with Gasteiger partial charge in [0.15, 0.2) is 5.16 Å². The summed E-state index contributed by atoms with van der Waals surface area (Å²) in [5.74, 6) is 0.947. The molecule has 0 amide bonds. The highest BCUT2D eigenvalue weighted by molar-refractivity contribution is 7.99. The third-order valence-electron chi connectivity index (χ3n) is 2.47. The molecule has 114 valence electrons. The van der Waals surface area contributed by atoms with E-state index in [1.165, 1.54) is 11.8 Å². The van der Waals surface area contributed by atoms with Crippen LogP contribution in [0.1, 0.15) is 33.0 Å². The van der Waals surface area contributed by atoms with Crippen molar-refractivity contribution in [2.75, 3.05) is 19.5 Å². The van der Waals surface area contributed by atoms with E-state index >= 15 is 0 Å². The fraction of sp³-hybridized carbons (Fsp3) is 0.769. The molecule has 0 aromatic carbocycles. The second-order valence-corrected chi connectivity index (χ2v) is 5.56. The van der Waals surface area contributed by atoms with Gasteiger partial charge < -0.3 is 14.0 Å². The number of aryl methyl sites for hydroxylation is 1. The molecule has 0 fully saturated rings. The van der Waals surface area contributed by atoms with Crippen LogP contribution in [0.5, 0.6) is 0 Å². The van der Waals surface area contributed by atoms with Gasteiger partial charge in [0.25, 0.3) is 0 Å². The van der Waals surface area contributed by atoms with Crippen LogP contribution in [0, 0.1) is 0 Å². The lowest BCUT2D eigenvalue weighted by Crippen LogP contribution is -2.14. The standard InChI is InChI=1S/C13H23N3O3S/c1-5-6-11-14-15-13(16(11)7-8-18-4)20-9-12(17)19-10(2)3/h10H,5-9H2,1-4H3. The van der Waals surface area contributed by atoms with Gasteiger partial charge in [-0.15, -0.1) is 10.2 Å². The van der Waals surface area contributed by atoms with E-state index in [0.29, 0.717) is 13.2 Å². The van der Waals surface area contributed by atoms with Gasteiger partial charge in [0.2, 0.25) is 0 Å². The molecule has 7 heteroatoms. The van der Waals surface area contributed by atoms with Crippen molar-refractivity contribution in [1.82, 2.24) is 14.8 Å². The van der Waals surface area contributed by atoms with Crippen LogP contribution in [-0.2, 0) is 27.2 Å². The maximum absolute atomic E-state index is 11.6. The lowest BCUT2D eigenvalue weighted by atomic mass is 10.3. The Bertz CT molecular complexity index is 421. The number of hydrogen-bond donors (Lipinski definition) is 0. The monoisotopic (exact) mass is 301 g/mol. The molecule has 0 saturated carbocycles. The summed E-state index contributed by atoms with van der Waals surface area (Å²) in [5, 5.41) is 9.08. The predicted octanol–water partition coefficient (Wildman–Crippen LogP) is 1.92. The molecule has 1 rings (SSSR count). The summed E-state index contributed by atoms with van der Waals surface area (Å²) in [6.45, 7) is 7.06. The van der Waals surface area contributed by atoms with Gasteiger partial charge in [0.05, 0.1) is 18.5 Å². The minimum atomic E-state index is -0.233. The normalized spacial score (nSPS) is 11.1. The van der Waals surface area contributed by atoms with Crippen LogP contribution in [0.3, 0.4) is 0 Å². The molecule has 1 aromatic rings. The lowest BCUT2D eigenvalue weighted by molar-refractivity contribution is -0.144. The van der Waals surface area contributed by atoms with Crippen LogP contribution in [0.4, 0.5) is 0 Å². The highest BCUT2D eigenvalue weighted by Gasteiger charge is 2.14. The smallest absolute Gasteiger partial charge is 0.316 e. The highest BCUT2D eigenvalue weighted by Crippen LogP contribution is 2.18. The average Bonchev–Trinajstić information content (AvgIpc) is 2.76. The number of ether oxygens (including phenoxy) is 2. The number of thioether (sulfide) groups is 1. The Balaban J connectivity index is 2.65. The van der Waals surface area contributed by atoms with Crippen molar-refractivity contribution in [2.45, 2.75) is 51.4 Å². The van der Waals surface area contributed by atoms with Gasteiger partial charge in [-0.2, -0.15) is 0 Å². The fourth-order valence-electron chi connectivity index (χ4n) is 1.66. The number of rotatable bonds is 9. The maximum Gasteiger partial charge on any atom is 0.316 e. The Morgan fingerprint density at radius 2 is 2.15 bits per heavy atom. The summed E-state index contributed by atoms with van der Waals surface area (Å²) in [4.78, 5) is 11.6. The van der Waals surface area contributed by atoms with Crippen LogP contribution in [-0.4, -0.2) is 46.3 Å². The average molecular weight is 301 g/mol. The fourth-order valence-corrected chi connectivity index (χ4v) is 2.43. The molecule has 0 bridgehead atoms. The second-order valence-electron chi connectivity index (χ2n) is 4.62. The lowest BCUT2D eigenvalue weighted by Gasteiger charge is -2.10. The molecule has 0 radical (unpaired) electrons. The number of carbonyl (C=O) groups excluding carboxylic acids is 1. The molecule has 0 spiro atoms. The van der Waals surface area contributed by atoms with Gasteiger partial charge >= 0.3 is 5.97 Å². The summed E-state index contributed by atoms with van der Waals surface area (Å²) in [6.07, 6.45) is 1.78. The third-order valence-corrected chi connectivity index (χ3v) is 3.41. The summed E-state index contributed by atoms with van der Waals surface area (Å²) >= 11 is 1.35. The van der Waals surface area contributed by atoms with Crippen molar-refractivity contribution < 1.29 is 14.3 Å². The third kappa shape index (κ3) is 5.50. The maximum atomic E-state index is 11.6. The van der Waals surface area contributed by atoms with Crippen molar-refractivity contribution in [1.29, 1.82) is 0 Å². The number of methoxy groups -OCH3 is 1. The Morgan fingerprint density at radius 1 is 1.40 bits per heavy atom. The topological polar surface area (TPSA) is 66.2 Å². The van der Waals surface area contributed by atoms with E-state index in [-0.39, 0.29) is 17.8 Å². The molecule has 20 heavy (non-hydrogen) atoms. The Morgan fingerprint density at radius 3 is 2.75 bits per heavy atom. The molecule has 0 aliphatic carbocycles. The van der Waals surface area contributed by atoms with E-state index in [4.69, 9.17) is 9.47 Å². The van der Waals surface area contributed by atoms with Gasteiger partial charge in [0.1, 0.15) is 5.82 Å². The van der Waals surface area contributed by atoms with Gasteiger partial charge in [-0.1, -0.05) is 18.7 Å². The van der Waals surface area contributed by atoms with E-state index in [9.17, 15) is 4.79 Å². The first-order valence-corrected chi connectivity index (χ1v) is 7.80. The molecular formula is C13H23N3O3S. The van der Waals surface area contributed by atoms with E-state index in [0.717, 1.165) is 23.8 Å². The van der Waals surface area contributed by atoms with Gasteiger partial charge in [0, 0.05) is 20.1 Å². The zero-order valence-electron chi connectivity index (χ0n) is 12.6. The summed E-state index contributed by atoms with van der Waals surface area (Å²) in [7, 11) is 1.66. The first-order chi connectivity index (χ1) is 9.58. The van der Waals surface area contributed by atoms with E-state index in [1.807, 2.05) is 18.4 Å². The molecule has 0 saturated heterocycles. The zero-order chi connectivity index (χ0) is 15.0. The minimum absolute atomic E-state index is 0.0925. The number of nitrogens with zero attached hydrogens (tertiary/aromatic N) is 3. The van der Waals surface area contributed by atoms with E-state index in [2.05, 4.69) is 17.1 Å². The zero-order valence-corrected chi connectivity index (χ0v) is 13.4. The molecular weight excluding hydrogens is 278 g/mol. The van der Waals surface area contributed by atoms with Gasteiger partial charge in [-0.25, -0.2) is 0 Å². The molecule has 6 nitrogen and oxygen atoms in total. The SMILES string of the molecule is CCCc1nnc(SCC(=O)OC(C)C)n1CCOC. The minimum Gasteiger partial charge on any atom is -0.462 e. The molecule has 0 N–H and O–H groups in total.